The van der Waals surface area contributed by atoms with Crippen LogP contribution in [0.25, 0.3) is 6.08 Å². The molecule has 1 aromatic carbocycles. The van der Waals surface area contributed by atoms with E-state index < -0.39 is 5.97 Å². The lowest BCUT2D eigenvalue weighted by molar-refractivity contribution is -0.129. The molecule has 0 bridgehead atoms. The Labute approximate surface area is 139 Å². The average Bonchev–Trinajstić information content (AvgIpc) is 2.84. The van der Waals surface area contributed by atoms with E-state index >= 15 is 0 Å². The summed E-state index contributed by atoms with van der Waals surface area (Å²) in [7, 11) is 0. The second kappa shape index (κ2) is 6.83. The zero-order valence-electron chi connectivity index (χ0n) is 9.40. The summed E-state index contributed by atoms with van der Waals surface area (Å²) in [5, 5.41) is 1.95. The van der Waals surface area contributed by atoms with E-state index in [9.17, 15) is 4.79 Å². The molecule has 0 saturated carbocycles. The monoisotopic (exact) mass is 464 g/mol. The molecule has 1 aromatic heterocycles. The molecule has 0 aliphatic carbocycles. The SMILES string of the molecule is O=C(C=Cc1cccs1)Oc1c(Br)cc(Br)cc1Br. The van der Waals surface area contributed by atoms with Gasteiger partial charge in [-0.2, -0.15) is 0 Å². The number of carbonyl (C=O) groups is 1. The molecule has 0 saturated heterocycles. The van der Waals surface area contributed by atoms with Gasteiger partial charge >= 0.3 is 5.97 Å². The second-order valence-corrected chi connectivity index (χ2v) is 7.07. The van der Waals surface area contributed by atoms with Gasteiger partial charge in [0.05, 0.1) is 8.95 Å². The van der Waals surface area contributed by atoms with E-state index in [1.807, 2.05) is 29.6 Å². The third kappa shape index (κ3) is 4.27. The van der Waals surface area contributed by atoms with Crippen LogP contribution in [0.5, 0.6) is 5.75 Å². The van der Waals surface area contributed by atoms with E-state index in [4.69, 9.17) is 4.74 Å². The Morgan fingerprint density at radius 3 is 2.47 bits per heavy atom. The van der Waals surface area contributed by atoms with Gasteiger partial charge < -0.3 is 4.74 Å². The third-order valence-electron chi connectivity index (χ3n) is 2.09. The summed E-state index contributed by atoms with van der Waals surface area (Å²) >= 11 is 11.6. The Morgan fingerprint density at radius 2 is 1.89 bits per heavy atom. The van der Waals surface area contributed by atoms with Crippen molar-refractivity contribution in [2.24, 2.45) is 0 Å². The fraction of sp³-hybridized carbons (Fsp3) is 0. The minimum atomic E-state index is -0.419. The van der Waals surface area contributed by atoms with E-state index in [-0.39, 0.29) is 0 Å². The van der Waals surface area contributed by atoms with Crippen LogP contribution < -0.4 is 4.74 Å². The quantitative estimate of drug-likeness (QED) is 0.332. The fourth-order valence-electron chi connectivity index (χ4n) is 1.30. The van der Waals surface area contributed by atoms with Crippen LogP contribution in [0.1, 0.15) is 4.88 Å². The molecular weight excluding hydrogens is 460 g/mol. The number of ether oxygens (including phenoxy) is 1. The number of esters is 1. The maximum absolute atomic E-state index is 11.7. The number of benzene rings is 1. The van der Waals surface area contributed by atoms with Gasteiger partial charge in [-0.1, -0.05) is 22.0 Å². The van der Waals surface area contributed by atoms with Crippen molar-refractivity contribution in [2.45, 2.75) is 0 Å². The minimum Gasteiger partial charge on any atom is -0.421 e. The number of thiophene rings is 1. The van der Waals surface area contributed by atoms with Gasteiger partial charge in [-0.05, 0) is 61.5 Å². The van der Waals surface area contributed by atoms with Gasteiger partial charge in [0.2, 0.25) is 0 Å². The fourth-order valence-corrected chi connectivity index (χ4v) is 4.34. The Hall–Kier alpha value is -0.430. The highest BCUT2D eigenvalue weighted by molar-refractivity contribution is 9.11. The molecular formula is C13H7Br3O2S. The van der Waals surface area contributed by atoms with Crippen molar-refractivity contribution in [3.05, 3.63) is 54.0 Å². The van der Waals surface area contributed by atoms with Gasteiger partial charge in [0.25, 0.3) is 0 Å². The van der Waals surface area contributed by atoms with Crippen molar-refractivity contribution in [1.29, 1.82) is 0 Å². The Balaban J connectivity index is 2.11. The second-order valence-electron chi connectivity index (χ2n) is 3.47. The third-order valence-corrected chi connectivity index (χ3v) is 4.57. The molecule has 2 aromatic rings. The number of hydrogen-bond donors (Lipinski definition) is 0. The molecule has 0 fully saturated rings. The molecule has 0 aliphatic rings. The molecule has 0 radical (unpaired) electrons. The molecule has 98 valence electrons. The van der Waals surface area contributed by atoms with Gasteiger partial charge in [-0.15, -0.1) is 11.3 Å². The Morgan fingerprint density at radius 1 is 1.21 bits per heavy atom. The lowest BCUT2D eigenvalue weighted by Crippen LogP contribution is -2.04. The molecule has 6 heteroatoms. The largest absolute Gasteiger partial charge is 0.421 e. The number of rotatable bonds is 3. The van der Waals surface area contributed by atoms with E-state index in [0.29, 0.717) is 14.7 Å². The number of carbonyl (C=O) groups excluding carboxylic acids is 1. The van der Waals surface area contributed by atoms with Gasteiger partial charge in [0.1, 0.15) is 0 Å². The first-order valence-corrected chi connectivity index (χ1v) is 8.40. The molecule has 0 spiro atoms. The highest BCUT2D eigenvalue weighted by atomic mass is 79.9. The van der Waals surface area contributed by atoms with Gasteiger partial charge in [0, 0.05) is 15.4 Å². The summed E-state index contributed by atoms with van der Waals surface area (Å²) in [5.41, 5.74) is 0. The van der Waals surface area contributed by atoms with E-state index in [2.05, 4.69) is 47.8 Å². The summed E-state index contributed by atoms with van der Waals surface area (Å²) in [5.74, 6) is 0.0427. The normalized spacial score (nSPS) is 10.9. The smallest absolute Gasteiger partial charge is 0.336 e. The first-order chi connectivity index (χ1) is 9.06. The van der Waals surface area contributed by atoms with Gasteiger partial charge in [0.15, 0.2) is 5.75 Å². The first-order valence-electron chi connectivity index (χ1n) is 5.14. The van der Waals surface area contributed by atoms with Crippen molar-refractivity contribution in [2.75, 3.05) is 0 Å². The molecule has 2 rings (SSSR count). The van der Waals surface area contributed by atoms with E-state index in [0.717, 1.165) is 9.35 Å². The van der Waals surface area contributed by atoms with Crippen LogP contribution in [0, 0.1) is 0 Å². The standard InChI is InChI=1S/C13H7Br3O2S/c14-8-6-10(15)13(11(16)7-8)18-12(17)4-3-9-2-1-5-19-9/h1-7H. The molecule has 19 heavy (non-hydrogen) atoms. The lowest BCUT2D eigenvalue weighted by Gasteiger charge is -2.07. The van der Waals surface area contributed by atoms with Gasteiger partial charge in [-0.3, -0.25) is 0 Å². The van der Waals surface area contributed by atoms with Crippen LogP contribution >= 0.6 is 59.1 Å². The van der Waals surface area contributed by atoms with Crippen LogP contribution in [0.4, 0.5) is 0 Å². The van der Waals surface area contributed by atoms with Crippen LogP contribution in [0.2, 0.25) is 0 Å². The molecule has 1 heterocycles. The highest BCUT2D eigenvalue weighted by Crippen LogP contribution is 2.36. The van der Waals surface area contributed by atoms with Gasteiger partial charge in [-0.25, -0.2) is 4.79 Å². The van der Waals surface area contributed by atoms with Crippen molar-refractivity contribution >= 4 is 71.2 Å². The van der Waals surface area contributed by atoms with E-state index in [1.54, 1.807) is 17.4 Å². The predicted octanol–water partition coefficient (Wildman–Crippen LogP) is 5.65. The predicted molar refractivity (Wildman–Crippen MR) is 88.5 cm³/mol. The summed E-state index contributed by atoms with van der Waals surface area (Å²) < 4.78 is 7.58. The van der Waals surface area contributed by atoms with Crippen molar-refractivity contribution in [3.8, 4) is 5.75 Å². The van der Waals surface area contributed by atoms with Crippen LogP contribution in [0.3, 0.4) is 0 Å². The van der Waals surface area contributed by atoms with Crippen LogP contribution in [-0.2, 0) is 4.79 Å². The van der Waals surface area contributed by atoms with E-state index in [1.165, 1.54) is 6.08 Å². The number of halogens is 3. The van der Waals surface area contributed by atoms with Crippen LogP contribution in [0.15, 0.2) is 49.1 Å². The lowest BCUT2D eigenvalue weighted by atomic mass is 10.3. The molecule has 0 amide bonds. The van der Waals surface area contributed by atoms with Crippen molar-refractivity contribution in [1.82, 2.24) is 0 Å². The zero-order chi connectivity index (χ0) is 13.8. The van der Waals surface area contributed by atoms with Crippen molar-refractivity contribution in [3.63, 3.8) is 0 Å². The number of hydrogen-bond acceptors (Lipinski definition) is 3. The molecule has 0 unspecified atom stereocenters. The average molecular weight is 467 g/mol. The van der Waals surface area contributed by atoms with Crippen molar-refractivity contribution < 1.29 is 9.53 Å². The Bertz CT molecular complexity index is 598. The molecule has 0 N–H and O–H groups in total. The summed E-state index contributed by atoms with van der Waals surface area (Å²) in [6.45, 7) is 0. The minimum absolute atomic E-state index is 0.419. The first kappa shape index (κ1) is 15.0. The van der Waals surface area contributed by atoms with Crippen LogP contribution in [-0.4, -0.2) is 5.97 Å². The zero-order valence-corrected chi connectivity index (χ0v) is 15.0. The summed E-state index contributed by atoms with van der Waals surface area (Å²) in [4.78, 5) is 12.7. The summed E-state index contributed by atoms with van der Waals surface area (Å²) in [6.07, 6.45) is 3.14. The topological polar surface area (TPSA) is 26.3 Å². The molecule has 2 nitrogen and oxygen atoms in total. The maximum Gasteiger partial charge on any atom is 0.336 e. The molecule has 0 aliphatic heterocycles. The summed E-state index contributed by atoms with van der Waals surface area (Å²) in [6, 6.07) is 7.49. The maximum atomic E-state index is 11.7. The Kier molecular flexibility index (Phi) is 5.38. The highest BCUT2D eigenvalue weighted by Gasteiger charge is 2.11. The molecule has 0 atom stereocenters.